The number of hydrogen-bond donors (Lipinski definition) is 0. The minimum atomic E-state index is 0.227. The fourth-order valence-corrected chi connectivity index (χ4v) is 4.07. The zero-order valence-electron chi connectivity index (χ0n) is 16.5. The van der Waals surface area contributed by atoms with Crippen molar-refractivity contribution in [2.45, 2.75) is 12.6 Å². The third kappa shape index (κ3) is 3.64. The highest BCUT2D eigenvalue weighted by Crippen LogP contribution is 2.28. The van der Waals surface area contributed by atoms with Gasteiger partial charge in [0.25, 0.3) is 0 Å². The maximum absolute atomic E-state index is 4.58. The molecular formula is C23H24N6. The van der Waals surface area contributed by atoms with Gasteiger partial charge in [-0.1, -0.05) is 41.6 Å². The fourth-order valence-electron chi connectivity index (χ4n) is 4.07. The standard InChI is InChI=1S/C23H24N6/c1-27-13-14-28(15-18-9-11-24-12-10-18)17-22(27)23-21-8-7-20(16-29(21)26-25-23)19-5-3-2-4-6-19/h2-12,16,22H,13-15,17H2,1H3/t22-/m0/s1. The van der Waals surface area contributed by atoms with Gasteiger partial charge in [-0.2, -0.15) is 0 Å². The first-order chi connectivity index (χ1) is 14.3. The molecule has 5 rings (SSSR count). The van der Waals surface area contributed by atoms with E-state index < -0.39 is 0 Å². The third-order valence-electron chi connectivity index (χ3n) is 5.75. The number of rotatable bonds is 4. The lowest BCUT2D eigenvalue weighted by Crippen LogP contribution is -2.46. The van der Waals surface area contributed by atoms with Crippen LogP contribution in [0.5, 0.6) is 0 Å². The molecular weight excluding hydrogens is 360 g/mol. The van der Waals surface area contributed by atoms with Gasteiger partial charge < -0.3 is 0 Å². The lowest BCUT2D eigenvalue weighted by Gasteiger charge is -2.38. The van der Waals surface area contributed by atoms with Crippen LogP contribution in [0.3, 0.4) is 0 Å². The van der Waals surface area contributed by atoms with Gasteiger partial charge in [0.15, 0.2) is 0 Å². The van der Waals surface area contributed by atoms with Crippen LogP contribution in [0.1, 0.15) is 17.3 Å². The first-order valence-corrected chi connectivity index (χ1v) is 10.00. The van der Waals surface area contributed by atoms with Crippen molar-refractivity contribution in [3.8, 4) is 11.1 Å². The Hall–Kier alpha value is -3.09. The smallest absolute Gasteiger partial charge is 0.109 e. The molecule has 0 radical (unpaired) electrons. The molecule has 0 unspecified atom stereocenters. The van der Waals surface area contributed by atoms with E-state index in [9.17, 15) is 0 Å². The van der Waals surface area contributed by atoms with E-state index in [-0.39, 0.29) is 6.04 Å². The first kappa shape index (κ1) is 18.0. The van der Waals surface area contributed by atoms with Crippen LogP contribution in [0.4, 0.5) is 0 Å². The first-order valence-electron chi connectivity index (χ1n) is 10.00. The second-order valence-electron chi connectivity index (χ2n) is 7.68. The van der Waals surface area contributed by atoms with Gasteiger partial charge in [0.05, 0.1) is 11.6 Å². The average molecular weight is 384 g/mol. The second-order valence-corrected chi connectivity index (χ2v) is 7.68. The topological polar surface area (TPSA) is 49.6 Å². The van der Waals surface area contributed by atoms with Crippen molar-refractivity contribution in [1.82, 2.24) is 29.6 Å². The van der Waals surface area contributed by atoms with Crippen LogP contribution in [0.2, 0.25) is 0 Å². The number of likely N-dealkylation sites (N-methyl/N-ethyl adjacent to an activating group) is 1. The number of pyridine rings is 2. The Morgan fingerprint density at radius 3 is 2.59 bits per heavy atom. The van der Waals surface area contributed by atoms with Crippen LogP contribution in [-0.2, 0) is 6.54 Å². The van der Waals surface area contributed by atoms with Crippen LogP contribution >= 0.6 is 0 Å². The van der Waals surface area contributed by atoms with Gasteiger partial charge in [0.1, 0.15) is 5.69 Å². The highest BCUT2D eigenvalue weighted by Gasteiger charge is 2.29. The van der Waals surface area contributed by atoms with E-state index in [1.54, 1.807) is 0 Å². The molecule has 0 saturated carbocycles. The fraction of sp³-hybridized carbons (Fsp3) is 0.261. The largest absolute Gasteiger partial charge is 0.296 e. The van der Waals surface area contributed by atoms with Crippen molar-refractivity contribution in [3.05, 3.63) is 84.4 Å². The predicted molar refractivity (Wildman–Crippen MR) is 113 cm³/mol. The zero-order valence-corrected chi connectivity index (χ0v) is 16.5. The van der Waals surface area contributed by atoms with E-state index in [0.717, 1.165) is 43.0 Å². The Labute approximate surface area is 170 Å². The van der Waals surface area contributed by atoms with E-state index in [0.29, 0.717) is 0 Å². The lowest BCUT2D eigenvalue weighted by molar-refractivity contribution is 0.0889. The summed E-state index contributed by atoms with van der Waals surface area (Å²) in [5, 5.41) is 9.02. The van der Waals surface area contributed by atoms with Gasteiger partial charge >= 0.3 is 0 Å². The van der Waals surface area contributed by atoms with Crippen LogP contribution < -0.4 is 0 Å². The van der Waals surface area contributed by atoms with Crippen molar-refractivity contribution < 1.29 is 0 Å². The molecule has 6 heteroatoms. The van der Waals surface area contributed by atoms with E-state index in [4.69, 9.17) is 0 Å². The molecule has 0 aliphatic carbocycles. The molecule has 4 aromatic rings. The monoisotopic (exact) mass is 384 g/mol. The number of benzene rings is 1. The molecule has 1 aliphatic heterocycles. The molecule has 6 nitrogen and oxygen atoms in total. The van der Waals surface area contributed by atoms with E-state index >= 15 is 0 Å². The molecule has 146 valence electrons. The molecule has 1 aromatic carbocycles. The summed E-state index contributed by atoms with van der Waals surface area (Å²) in [7, 11) is 2.18. The van der Waals surface area contributed by atoms with Gasteiger partial charge in [-0.05, 0) is 36.4 Å². The molecule has 0 bridgehead atoms. The van der Waals surface area contributed by atoms with E-state index in [1.165, 1.54) is 11.1 Å². The predicted octanol–water partition coefficient (Wildman–Crippen LogP) is 3.28. The summed E-state index contributed by atoms with van der Waals surface area (Å²) in [6.07, 6.45) is 5.79. The second kappa shape index (κ2) is 7.73. The SMILES string of the molecule is CN1CCN(Cc2ccncc2)C[C@H]1c1nnn2cc(-c3ccccc3)ccc12. The number of piperazine rings is 1. The number of aromatic nitrogens is 4. The summed E-state index contributed by atoms with van der Waals surface area (Å²) < 4.78 is 1.91. The summed E-state index contributed by atoms with van der Waals surface area (Å²) >= 11 is 0. The van der Waals surface area contributed by atoms with E-state index in [1.807, 2.05) is 23.0 Å². The summed E-state index contributed by atoms with van der Waals surface area (Å²) in [6.45, 7) is 3.93. The minimum Gasteiger partial charge on any atom is -0.296 e. The Balaban J connectivity index is 1.41. The summed E-state index contributed by atoms with van der Waals surface area (Å²) in [4.78, 5) is 9.00. The molecule has 0 amide bonds. The molecule has 3 aromatic heterocycles. The maximum atomic E-state index is 4.58. The van der Waals surface area contributed by atoms with Crippen molar-refractivity contribution in [3.63, 3.8) is 0 Å². The quantitative estimate of drug-likeness (QED) is 0.540. The minimum absolute atomic E-state index is 0.227. The third-order valence-corrected chi connectivity index (χ3v) is 5.75. The van der Waals surface area contributed by atoms with Crippen LogP contribution in [0, 0.1) is 0 Å². The Morgan fingerprint density at radius 1 is 0.931 bits per heavy atom. The highest BCUT2D eigenvalue weighted by atomic mass is 15.4. The number of fused-ring (bicyclic) bond motifs is 1. The Bertz CT molecular complexity index is 1090. The molecule has 0 spiro atoms. The molecule has 0 N–H and O–H groups in total. The van der Waals surface area contributed by atoms with Crippen LogP contribution in [0.15, 0.2) is 73.2 Å². The number of hydrogen-bond acceptors (Lipinski definition) is 5. The molecule has 4 heterocycles. The summed E-state index contributed by atoms with van der Waals surface area (Å²) in [5.41, 5.74) is 5.75. The Kier molecular flexibility index (Phi) is 4.79. The molecule has 1 fully saturated rings. The molecule has 1 aliphatic rings. The zero-order chi connectivity index (χ0) is 19.6. The normalized spacial score (nSPS) is 18.3. The maximum Gasteiger partial charge on any atom is 0.109 e. The van der Waals surface area contributed by atoms with Crippen molar-refractivity contribution in [1.29, 1.82) is 0 Å². The van der Waals surface area contributed by atoms with Gasteiger partial charge in [-0.15, -0.1) is 5.10 Å². The molecule has 29 heavy (non-hydrogen) atoms. The van der Waals surface area contributed by atoms with Crippen molar-refractivity contribution in [2.75, 3.05) is 26.7 Å². The van der Waals surface area contributed by atoms with Crippen LogP contribution in [-0.4, -0.2) is 56.3 Å². The summed E-state index contributed by atoms with van der Waals surface area (Å²) in [5.74, 6) is 0. The molecule has 1 atom stereocenters. The van der Waals surface area contributed by atoms with Gasteiger partial charge in [0, 0.05) is 50.3 Å². The van der Waals surface area contributed by atoms with Gasteiger partial charge in [-0.25, -0.2) is 4.52 Å². The van der Waals surface area contributed by atoms with Gasteiger partial charge in [0.2, 0.25) is 0 Å². The van der Waals surface area contributed by atoms with E-state index in [2.05, 4.69) is 86.9 Å². The average Bonchev–Trinajstić information content (AvgIpc) is 3.19. The highest BCUT2D eigenvalue weighted by molar-refractivity contribution is 5.66. The Morgan fingerprint density at radius 2 is 1.76 bits per heavy atom. The van der Waals surface area contributed by atoms with Gasteiger partial charge in [-0.3, -0.25) is 14.8 Å². The lowest BCUT2D eigenvalue weighted by atomic mass is 10.1. The van der Waals surface area contributed by atoms with Crippen molar-refractivity contribution in [2.24, 2.45) is 0 Å². The molecule has 1 saturated heterocycles. The van der Waals surface area contributed by atoms with Crippen molar-refractivity contribution >= 4 is 5.52 Å². The summed E-state index contributed by atoms with van der Waals surface area (Å²) in [6, 6.07) is 19.1. The number of nitrogens with zero attached hydrogens (tertiary/aromatic N) is 6. The van der Waals surface area contributed by atoms with Crippen LogP contribution in [0.25, 0.3) is 16.6 Å².